The van der Waals surface area contributed by atoms with Crippen LogP contribution in [0.3, 0.4) is 0 Å². The first-order chi connectivity index (χ1) is 14.1. The Morgan fingerprint density at radius 2 is 1.86 bits per heavy atom. The number of methoxy groups -OCH3 is 2. The predicted octanol–water partition coefficient (Wildman–Crippen LogP) is 4.05. The lowest BCUT2D eigenvalue weighted by Crippen LogP contribution is -2.29. The zero-order valence-corrected chi connectivity index (χ0v) is 16.3. The number of hydrogen-bond acceptors (Lipinski definition) is 5. The van der Waals surface area contributed by atoms with Gasteiger partial charge in [0, 0.05) is 17.8 Å². The SMILES string of the molecule is COc1ccc(OC)c(/C=C/C(=O)N(Cc2ccccn2)c2ccccc2O)c1. The molecule has 1 heterocycles. The van der Waals surface area contributed by atoms with Crippen molar-refractivity contribution in [2.75, 3.05) is 19.1 Å². The summed E-state index contributed by atoms with van der Waals surface area (Å²) in [5.41, 5.74) is 1.82. The Hall–Kier alpha value is -3.80. The van der Waals surface area contributed by atoms with Crippen LogP contribution in [0.15, 0.2) is 72.9 Å². The van der Waals surface area contributed by atoms with Crippen LogP contribution in [0, 0.1) is 0 Å². The highest BCUT2D eigenvalue weighted by Crippen LogP contribution is 2.29. The number of carbonyl (C=O) groups is 1. The molecular weight excluding hydrogens is 368 g/mol. The molecule has 0 fully saturated rings. The largest absolute Gasteiger partial charge is 0.506 e. The van der Waals surface area contributed by atoms with E-state index in [1.807, 2.05) is 18.2 Å². The van der Waals surface area contributed by atoms with Crippen molar-refractivity contribution in [3.05, 3.63) is 84.2 Å². The second-order valence-electron chi connectivity index (χ2n) is 6.18. The third-order valence-electron chi connectivity index (χ3n) is 4.33. The van der Waals surface area contributed by atoms with Crippen LogP contribution in [0.1, 0.15) is 11.3 Å². The molecule has 0 bridgehead atoms. The fraction of sp³-hybridized carbons (Fsp3) is 0.130. The van der Waals surface area contributed by atoms with Gasteiger partial charge in [0.05, 0.1) is 32.1 Å². The first-order valence-corrected chi connectivity index (χ1v) is 9.02. The quantitative estimate of drug-likeness (QED) is 0.616. The van der Waals surface area contributed by atoms with Gasteiger partial charge in [-0.2, -0.15) is 0 Å². The van der Waals surface area contributed by atoms with Gasteiger partial charge >= 0.3 is 0 Å². The number of anilines is 1. The summed E-state index contributed by atoms with van der Waals surface area (Å²) in [6.45, 7) is 0.219. The van der Waals surface area contributed by atoms with Crippen LogP contribution in [0.25, 0.3) is 6.08 Å². The van der Waals surface area contributed by atoms with Gasteiger partial charge in [0.2, 0.25) is 0 Å². The highest BCUT2D eigenvalue weighted by atomic mass is 16.5. The summed E-state index contributed by atoms with van der Waals surface area (Å²) < 4.78 is 10.6. The summed E-state index contributed by atoms with van der Waals surface area (Å²) in [6, 6.07) is 17.5. The van der Waals surface area contributed by atoms with Crippen molar-refractivity contribution in [1.82, 2.24) is 4.98 Å². The van der Waals surface area contributed by atoms with Crippen LogP contribution in [0.5, 0.6) is 17.2 Å². The molecule has 0 aliphatic carbocycles. The molecule has 1 aromatic heterocycles. The molecule has 6 heteroatoms. The molecule has 1 amide bonds. The van der Waals surface area contributed by atoms with E-state index in [9.17, 15) is 9.90 Å². The van der Waals surface area contributed by atoms with Gasteiger partial charge in [-0.15, -0.1) is 0 Å². The number of phenols is 1. The maximum atomic E-state index is 13.1. The van der Waals surface area contributed by atoms with Gasteiger partial charge < -0.3 is 14.6 Å². The minimum absolute atomic E-state index is 0.0177. The first kappa shape index (κ1) is 19.9. The van der Waals surface area contributed by atoms with Gasteiger partial charge in [-0.25, -0.2) is 0 Å². The van der Waals surface area contributed by atoms with Crippen molar-refractivity contribution in [1.29, 1.82) is 0 Å². The lowest BCUT2D eigenvalue weighted by molar-refractivity contribution is -0.114. The number of nitrogens with zero attached hydrogens (tertiary/aromatic N) is 2. The van der Waals surface area contributed by atoms with Crippen LogP contribution in [0.4, 0.5) is 5.69 Å². The van der Waals surface area contributed by atoms with Crippen LogP contribution in [-0.4, -0.2) is 30.2 Å². The summed E-state index contributed by atoms with van der Waals surface area (Å²) >= 11 is 0. The number of hydrogen-bond donors (Lipinski definition) is 1. The molecule has 0 atom stereocenters. The van der Waals surface area contributed by atoms with Crippen molar-refractivity contribution >= 4 is 17.7 Å². The Morgan fingerprint density at radius 3 is 2.55 bits per heavy atom. The maximum absolute atomic E-state index is 13.1. The fourth-order valence-corrected chi connectivity index (χ4v) is 2.85. The van der Waals surface area contributed by atoms with Gasteiger partial charge in [-0.1, -0.05) is 18.2 Å². The normalized spacial score (nSPS) is 10.7. The van der Waals surface area contributed by atoms with E-state index in [4.69, 9.17) is 9.47 Å². The molecule has 1 N–H and O–H groups in total. The zero-order valence-electron chi connectivity index (χ0n) is 16.3. The monoisotopic (exact) mass is 390 g/mol. The lowest BCUT2D eigenvalue weighted by atomic mass is 10.1. The van der Waals surface area contributed by atoms with Gasteiger partial charge in [-0.3, -0.25) is 14.7 Å². The van der Waals surface area contributed by atoms with Crippen molar-refractivity contribution in [3.8, 4) is 17.2 Å². The molecule has 0 spiro atoms. The Balaban J connectivity index is 1.93. The number of ether oxygens (including phenoxy) is 2. The second kappa shape index (κ2) is 9.41. The Morgan fingerprint density at radius 1 is 1.07 bits per heavy atom. The second-order valence-corrected chi connectivity index (χ2v) is 6.18. The number of pyridine rings is 1. The number of phenolic OH excluding ortho intramolecular Hbond substituents is 1. The Kier molecular flexibility index (Phi) is 6.47. The molecule has 0 radical (unpaired) electrons. The summed E-state index contributed by atoms with van der Waals surface area (Å²) in [6.07, 6.45) is 4.77. The number of aromatic hydroxyl groups is 1. The van der Waals surface area contributed by atoms with Crippen molar-refractivity contribution in [2.45, 2.75) is 6.54 Å². The molecule has 148 valence electrons. The van der Waals surface area contributed by atoms with E-state index in [2.05, 4.69) is 4.98 Å². The van der Waals surface area contributed by atoms with E-state index in [0.717, 1.165) is 0 Å². The van der Waals surface area contributed by atoms with Crippen molar-refractivity contribution in [3.63, 3.8) is 0 Å². The van der Waals surface area contributed by atoms with E-state index in [0.29, 0.717) is 28.4 Å². The average Bonchev–Trinajstić information content (AvgIpc) is 2.77. The summed E-state index contributed by atoms with van der Waals surface area (Å²) in [4.78, 5) is 18.8. The van der Waals surface area contributed by atoms with Crippen LogP contribution >= 0.6 is 0 Å². The summed E-state index contributed by atoms with van der Waals surface area (Å²) in [7, 11) is 3.14. The third kappa shape index (κ3) is 4.93. The standard InChI is InChI=1S/C23H22N2O4/c1-28-19-11-12-22(29-2)17(15-19)10-13-23(27)25(16-18-7-5-6-14-24-18)20-8-3-4-9-21(20)26/h3-15,26H,16H2,1-2H3/b13-10+. The van der Waals surface area contributed by atoms with Crippen LogP contribution in [0.2, 0.25) is 0 Å². The molecule has 3 aromatic rings. The molecule has 6 nitrogen and oxygen atoms in total. The number of carbonyl (C=O) groups excluding carboxylic acids is 1. The molecule has 3 rings (SSSR count). The predicted molar refractivity (Wildman–Crippen MR) is 112 cm³/mol. The highest BCUT2D eigenvalue weighted by Gasteiger charge is 2.18. The maximum Gasteiger partial charge on any atom is 0.251 e. The van der Waals surface area contributed by atoms with Crippen molar-refractivity contribution < 1.29 is 19.4 Å². The minimum atomic E-state index is -0.304. The van der Waals surface area contributed by atoms with E-state index in [-0.39, 0.29) is 18.2 Å². The molecule has 0 saturated heterocycles. The Bertz CT molecular complexity index is 1000. The topological polar surface area (TPSA) is 71.9 Å². The number of para-hydroxylation sites is 2. The fourth-order valence-electron chi connectivity index (χ4n) is 2.85. The van der Waals surface area contributed by atoms with E-state index in [1.165, 1.54) is 11.0 Å². The number of rotatable bonds is 7. The molecule has 0 saturated carbocycles. The summed E-state index contributed by atoms with van der Waals surface area (Å²) in [5.74, 6) is 0.990. The first-order valence-electron chi connectivity index (χ1n) is 9.02. The van der Waals surface area contributed by atoms with Gasteiger partial charge in [0.25, 0.3) is 5.91 Å². The number of aromatic nitrogens is 1. The van der Waals surface area contributed by atoms with E-state index in [1.54, 1.807) is 69.0 Å². The van der Waals surface area contributed by atoms with Crippen molar-refractivity contribution in [2.24, 2.45) is 0 Å². The highest BCUT2D eigenvalue weighted by molar-refractivity contribution is 6.04. The smallest absolute Gasteiger partial charge is 0.251 e. The molecular formula is C23H22N2O4. The molecule has 0 unspecified atom stereocenters. The molecule has 0 aliphatic heterocycles. The van der Waals surface area contributed by atoms with Gasteiger partial charge in [0.1, 0.15) is 17.2 Å². The van der Waals surface area contributed by atoms with Crippen LogP contribution < -0.4 is 14.4 Å². The molecule has 0 aliphatic rings. The number of amides is 1. The van der Waals surface area contributed by atoms with Gasteiger partial charge in [-0.05, 0) is 48.5 Å². The van der Waals surface area contributed by atoms with Crippen LogP contribution in [-0.2, 0) is 11.3 Å². The molecule has 2 aromatic carbocycles. The Labute approximate surface area is 169 Å². The summed E-state index contributed by atoms with van der Waals surface area (Å²) in [5, 5.41) is 10.3. The average molecular weight is 390 g/mol. The third-order valence-corrected chi connectivity index (χ3v) is 4.33. The minimum Gasteiger partial charge on any atom is -0.506 e. The van der Waals surface area contributed by atoms with Gasteiger partial charge in [0.15, 0.2) is 0 Å². The lowest BCUT2D eigenvalue weighted by Gasteiger charge is -2.22. The zero-order chi connectivity index (χ0) is 20.6. The van der Waals surface area contributed by atoms with E-state index < -0.39 is 0 Å². The number of benzene rings is 2. The van der Waals surface area contributed by atoms with E-state index >= 15 is 0 Å². The molecule has 29 heavy (non-hydrogen) atoms.